The van der Waals surface area contributed by atoms with Gasteiger partial charge < -0.3 is 10.4 Å². The number of aliphatic hydroxyl groups excluding tert-OH is 1. The number of nitrogens with zero attached hydrogens (tertiary/aromatic N) is 1. The Morgan fingerprint density at radius 1 is 1.50 bits per heavy atom. The third-order valence-corrected chi connectivity index (χ3v) is 3.99. The van der Waals surface area contributed by atoms with Crippen LogP contribution < -0.4 is 5.32 Å². The molecule has 1 aromatic rings. The first kappa shape index (κ1) is 15.3. The first-order chi connectivity index (χ1) is 9.58. The fourth-order valence-corrected chi connectivity index (χ4v) is 2.66. The van der Waals surface area contributed by atoms with Crippen LogP contribution >= 0.6 is 11.6 Å². The van der Waals surface area contributed by atoms with E-state index in [-0.39, 0.29) is 18.6 Å². The standard InChI is InChI=1S/C15H21ClN2O2/c1-11(13-2-4-14(16)5-3-13)17-15(20)9-18-7-6-12(8-18)10-19/h2-5,11-12,19H,6-10H2,1H3,(H,17,20). The molecule has 2 atom stereocenters. The molecule has 1 fully saturated rings. The van der Waals surface area contributed by atoms with Crippen LogP contribution in [0.3, 0.4) is 0 Å². The molecule has 0 spiro atoms. The van der Waals surface area contributed by atoms with Gasteiger partial charge in [0.25, 0.3) is 0 Å². The van der Waals surface area contributed by atoms with E-state index in [4.69, 9.17) is 16.7 Å². The Labute approximate surface area is 124 Å². The van der Waals surface area contributed by atoms with Crippen molar-refractivity contribution >= 4 is 17.5 Å². The van der Waals surface area contributed by atoms with Gasteiger partial charge in [0, 0.05) is 18.2 Å². The van der Waals surface area contributed by atoms with E-state index in [0.717, 1.165) is 25.1 Å². The van der Waals surface area contributed by atoms with Crippen molar-refractivity contribution in [3.05, 3.63) is 34.9 Å². The van der Waals surface area contributed by atoms with Crippen molar-refractivity contribution in [1.82, 2.24) is 10.2 Å². The van der Waals surface area contributed by atoms with Crippen LogP contribution in [0.15, 0.2) is 24.3 Å². The van der Waals surface area contributed by atoms with Crippen molar-refractivity contribution in [2.75, 3.05) is 26.2 Å². The minimum absolute atomic E-state index is 0.0195. The molecule has 5 heteroatoms. The lowest BCUT2D eigenvalue weighted by molar-refractivity contribution is -0.122. The smallest absolute Gasteiger partial charge is 0.234 e. The maximum atomic E-state index is 12.0. The summed E-state index contributed by atoms with van der Waals surface area (Å²) in [6, 6.07) is 7.46. The second-order valence-electron chi connectivity index (χ2n) is 5.41. The Hall–Kier alpha value is -1.10. The molecule has 0 saturated carbocycles. The first-order valence-electron chi connectivity index (χ1n) is 6.96. The van der Waals surface area contributed by atoms with Gasteiger partial charge in [0.15, 0.2) is 0 Å². The molecule has 1 heterocycles. The lowest BCUT2D eigenvalue weighted by Crippen LogP contribution is -2.37. The van der Waals surface area contributed by atoms with Crippen molar-refractivity contribution in [2.24, 2.45) is 5.92 Å². The van der Waals surface area contributed by atoms with E-state index in [1.54, 1.807) is 0 Å². The minimum Gasteiger partial charge on any atom is -0.396 e. The number of rotatable bonds is 5. The number of benzene rings is 1. The third kappa shape index (κ3) is 4.20. The molecule has 1 aliphatic heterocycles. The lowest BCUT2D eigenvalue weighted by atomic mass is 10.1. The molecular formula is C15H21ClN2O2. The number of nitrogens with one attached hydrogen (secondary N) is 1. The van der Waals surface area contributed by atoms with Crippen LogP contribution in [0.5, 0.6) is 0 Å². The molecule has 0 aromatic heterocycles. The van der Waals surface area contributed by atoms with Crippen LogP contribution in [-0.2, 0) is 4.79 Å². The molecule has 1 aromatic carbocycles. The molecule has 110 valence electrons. The zero-order valence-corrected chi connectivity index (χ0v) is 12.4. The maximum Gasteiger partial charge on any atom is 0.234 e. The summed E-state index contributed by atoms with van der Waals surface area (Å²) in [4.78, 5) is 14.1. The molecule has 2 N–H and O–H groups in total. The van der Waals surface area contributed by atoms with Gasteiger partial charge in [-0.25, -0.2) is 0 Å². The van der Waals surface area contributed by atoms with Gasteiger partial charge in [0.2, 0.25) is 5.91 Å². The fraction of sp³-hybridized carbons (Fsp3) is 0.533. The third-order valence-electron chi connectivity index (χ3n) is 3.74. The first-order valence-corrected chi connectivity index (χ1v) is 7.34. The van der Waals surface area contributed by atoms with Gasteiger partial charge in [-0.2, -0.15) is 0 Å². The van der Waals surface area contributed by atoms with Gasteiger partial charge in [0.05, 0.1) is 12.6 Å². The monoisotopic (exact) mass is 296 g/mol. The molecule has 2 rings (SSSR count). The molecule has 0 radical (unpaired) electrons. The van der Waals surface area contributed by atoms with E-state index >= 15 is 0 Å². The predicted octanol–water partition coefficient (Wildman–Crippen LogP) is 1.83. The van der Waals surface area contributed by atoms with E-state index in [0.29, 0.717) is 17.5 Å². The average Bonchev–Trinajstić information content (AvgIpc) is 2.86. The SMILES string of the molecule is CC(NC(=O)CN1CCC(CO)C1)c1ccc(Cl)cc1. The molecule has 4 nitrogen and oxygen atoms in total. The van der Waals surface area contributed by atoms with Gasteiger partial charge in [-0.05, 0) is 43.5 Å². The van der Waals surface area contributed by atoms with Crippen LogP contribution in [0.25, 0.3) is 0 Å². The summed E-state index contributed by atoms with van der Waals surface area (Å²) in [5.41, 5.74) is 1.04. The van der Waals surface area contributed by atoms with Gasteiger partial charge in [-0.15, -0.1) is 0 Å². The van der Waals surface area contributed by atoms with Gasteiger partial charge in [-0.3, -0.25) is 9.69 Å². The average molecular weight is 297 g/mol. The summed E-state index contributed by atoms with van der Waals surface area (Å²) in [5.74, 6) is 0.336. The number of amides is 1. The van der Waals surface area contributed by atoms with E-state index in [2.05, 4.69) is 10.2 Å². The number of aliphatic hydroxyl groups is 1. The van der Waals surface area contributed by atoms with Crippen molar-refractivity contribution in [3.8, 4) is 0 Å². The highest BCUT2D eigenvalue weighted by Crippen LogP contribution is 2.17. The topological polar surface area (TPSA) is 52.6 Å². The van der Waals surface area contributed by atoms with Crippen molar-refractivity contribution in [1.29, 1.82) is 0 Å². The largest absolute Gasteiger partial charge is 0.396 e. The number of hydrogen-bond donors (Lipinski definition) is 2. The number of carbonyl (C=O) groups excluding carboxylic acids is 1. The number of hydrogen-bond acceptors (Lipinski definition) is 3. The summed E-state index contributed by atoms with van der Waals surface area (Å²) in [5, 5.41) is 12.8. The number of carbonyl (C=O) groups is 1. The predicted molar refractivity (Wildman–Crippen MR) is 79.6 cm³/mol. The van der Waals surface area contributed by atoms with E-state index in [1.807, 2.05) is 31.2 Å². The lowest BCUT2D eigenvalue weighted by Gasteiger charge is -2.18. The van der Waals surface area contributed by atoms with Crippen molar-refractivity contribution in [3.63, 3.8) is 0 Å². The highest BCUT2D eigenvalue weighted by molar-refractivity contribution is 6.30. The Balaban J connectivity index is 1.81. The molecule has 2 unspecified atom stereocenters. The van der Waals surface area contributed by atoms with E-state index < -0.39 is 0 Å². The minimum atomic E-state index is -0.0315. The molecule has 1 aliphatic rings. The second-order valence-corrected chi connectivity index (χ2v) is 5.85. The molecule has 20 heavy (non-hydrogen) atoms. The highest BCUT2D eigenvalue weighted by atomic mass is 35.5. The Kier molecular flexibility index (Phi) is 5.40. The molecule has 0 aliphatic carbocycles. The van der Waals surface area contributed by atoms with E-state index in [1.165, 1.54) is 0 Å². The van der Waals surface area contributed by atoms with Gasteiger partial charge in [-0.1, -0.05) is 23.7 Å². The van der Waals surface area contributed by atoms with Gasteiger partial charge >= 0.3 is 0 Å². The number of likely N-dealkylation sites (tertiary alicyclic amines) is 1. The van der Waals surface area contributed by atoms with Crippen molar-refractivity contribution in [2.45, 2.75) is 19.4 Å². The van der Waals surface area contributed by atoms with Crippen LogP contribution in [-0.4, -0.2) is 42.2 Å². The molecule has 1 saturated heterocycles. The maximum absolute atomic E-state index is 12.0. The van der Waals surface area contributed by atoms with Crippen LogP contribution in [0, 0.1) is 5.92 Å². The molecular weight excluding hydrogens is 276 g/mol. The fourth-order valence-electron chi connectivity index (χ4n) is 2.53. The quantitative estimate of drug-likeness (QED) is 0.872. The van der Waals surface area contributed by atoms with Crippen LogP contribution in [0.1, 0.15) is 24.9 Å². The Bertz CT molecular complexity index is 450. The van der Waals surface area contributed by atoms with E-state index in [9.17, 15) is 4.79 Å². The Morgan fingerprint density at radius 2 is 2.20 bits per heavy atom. The second kappa shape index (κ2) is 7.07. The van der Waals surface area contributed by atoms with Crippen LogP contribution in [0.2, 0.25) is 5.02 Å². The zero-order valence-electron chi connectivity index (χ0n) is 11.7. The summed E-state index contributed by atoms with van der Waals surface area (Å²) in [6.45, 7) is 4.25. The summed E-state index contributed by atoms with van der Waals surface area (Å²) in [7, 11) is 0. The number of halogens is 1. The summed E-state index contributed by atoms with van der Waals surface area (Å²) >= 11 is 5.85. The highest BCUT2D eigenvalue weighted by Gasteiger charge is 2.23. The Morgan fingerprint density at radius 3 is 2.80 bits per heavy atom. The molecule has 1 amide bonds. The van der Waals surface area contributed by atoms with Crippen molar-refractivity contribution < 1.29 is 9.90 Å². The summed E-state index contributed by atoms with van der Waals surface area (Å²) in [6.07, 6.45) is 0.969. The normalized spacial score (nSPS) is 20.9. The van der Waals surface area contributed by atoms with Crippen LogP contribution in [0.4, 0.5) is 0 Å². The molecule has 0 bridgehead atoms. The zero-order chi connectivity index (χ0) is 14.5. The summed E-state index contributed by atoms with van der Waals surface area (Å²) < 4.78 is 0. The van der Waals surface area contributed by atoms with Gasteiger partial charge in [0.1, 0.15) is 0 Å².